The molecule has 0 radical (unpaired) electrons. The van der Waals surface area contributed by atoms with Gasteiger partial charge >= 0.3 is 6.18 Å². The van der Waals surface area contributed by atoms with Crippen molar-refractivity contribution in [3.05, 3.63) is 114 Å². The zero-order chi connectivity index (χ0) is 26.3. The first-order chi connectivity index (χ1) is 18.3. The van der Waals surface area contributed by atoms with E-state index in [9.17, 15) is 18.0 Å². The number of anilines is 1. The molecule has 0 saturated carbocycles. The summed E-state index contributed by atoms with van der Waals surface area (Å²) in [6, 6.07) is 24.7. The van der Waals surface area contributed by atoms with Crippen molar-refractivity contribution in [2.75, 3.05) is 5.32 Å². The number of nitrogens with zero attached hydrogens (tertiary/aromatic N) is 5. The molecule has 6 rings (SSSR count). The Morgan fingerprint density at radius 1 is 0.895 bits per heavy atom. The zero-order valence-electron chi connectivity index (χ0n) is 19.7. The highest BCUT2D eigenvalue weighted by molar-refractivity contribution is 6.03. The van der Waals surface area contributed by atoms with Crippen molar-refractivity contribution in [2.45, 2.75) is 12.7 Å². The minimum absolute atomic E-state index is 0.0899. The van der Waals surface area contributed by atoms with Crippen LogP contribution in [0.15, 0.2) is 97.3 Å². The van der Waals surface area contributed by atoms with Crippen molar-refractivity contribution in [3.8, 4) is 11.3 Å². The van der Waals surface area contributed by atoms with E-state index in [-0.39, 0.29) is 17.0 Å². The number of halogens is 3. The van der Waals surface area contributed by atoms with Crippen LogP contribution in [0.25, 0.3) is 27.7 Å². The first-order valence-corrected chi connectivity index (χ1v) is 11.7. The number of carbonyl (C=O) groups excluding carboxylic acids is 1. The van der Waals surface area contributed by atoms with E-state index >= 15 is 0 Å². The fraction of sp³-hybridized carbons (Fsp3) is 0.0714. The number of alkyl halides is 3. The number of rotatable bonds is 5. The lowest BCUT2D eigenvalue weighted by atomic mass is 10.0. The fourth-order valence-electron chi connectivity index (χ4n) is 4.26. The van der Waals surface area contributed by atoms with E-state index in [0.29, 0.717) is 22.3 Å². The molecule has 3 aromatic heterocycles. The molecule has 0 bridgehead atoms. The third-order valence-corrected chi connectivity index (χ3v) is 6.07. The lowest BCUT2D eigenvalue weighted by Gasteiger charge is -2.11. The van der Waals surface area contributed by atoms with Gasteiger partial charge in [0.25, 0.3) is 5.91 Å². The topological polar surface area (TPSA) is 77.1 Å². The number of hydrogen-bond donors (Lipinski definition) is 1. The third kappa shape index (κ3) is 4.59. The summed E-state index contributed by atoms with van der Waals surface area (Å²) >= 11 is 0. The Morgan fingerprint density at radius 2 is 1.66 bits per heavy atom. The molecule has 7 nitrogen and oxygen atoms in total. The predicted molar refractivity (Wildman–Crippen MR) is 137 cm³/mol. The Bertz CT molecular complexity index is 1790. The van der Waals surface area contributed by atoms with Crippen molar-refractivity contribution in [2.24, 2.45) is 0 Å². The quantitative estimate of drug-likeness (QED) is 0.304. The molecule has 1 amide bonds. The Balaban J connectivity index is 1.32. The van der Waals surface area contributed by atoms with Crippen molar-refractivity contribution >= 4 is 28.0 Å². The van der Waals surface area contributed by atoms with E-state index in [1.807, 2.05) is 60.7 Å². The van der Waals surface area contributed by atoms with Crippen LogP contribution in [0.3, 0.4) is 0 Å². The van der Waals surface area contributed by atoms with Crippen molar-refractivity contribution in [1.82, 2.24) is 24.4 Å². The molecule has 0 spiro atoms. The molecule has 6 aromatic rings. The number of hydrogen-bond acceptors (Lipinski definition) is 4. The summed E-state index contributed by atoms with van der Waals surface area (Å²) < 4.78 is 44.3. The van der Waals surface area contributed by atoms with E-state index in [4.69, 9.17) is 0 Å². The van der Waals surface area contributed by atoms with Gasteiger partial charge in [-0.1, -0.05) is 66.7 Å². The molecule has 0 atom stereocenters. The SMILES string of the molecule is O=C(Nc1cnn(Cc2ccccc2)c1)c1cc2nc(-c3ccc4ccccc4c3)cc(C(F)(F)F)n2n1. The molecule has 38 heavy (non-hydrogen) atoms. The van der Waals surface area contributed by atoms with Gasteiger partial charge in [-0.05, 0) is 28.5 Å². The van der Waals surface area contributed by atoms with Crippen LogP contribution in [0.2, 0.25) is 0 Å². The molecule has 3 aromatic carbocycles. The summed E-state index contributed by atoms with van der Waals surface area (Å²) in [7, 11) is 0. The fourth-order valence-corrected chi connectivity index (χ4v) is 4.26. The molecule has 0 aliphatic rings. The maximum Gasteiger partial charge on any atom is 0.433 e. The molecule has 10 heteroatoms. The number of carbonyl (C=O) groups is 1. The summed E-state index contributed by atoms with van der Waals surface area (Å²) in [6.07, 6.45) is -1.61. The van der Waals surface area contributed by atoms with Crippen LogP contribution >= 0.6 is 0 Å². The van der Waals surface area contributed by atoms with Gasteiger partial charge in [-0.3, -0.25) is 9.48 Å². The maximum atomic E-state index is 14.0. The van der Waals surface area contributed by atoms with Gasteiger partial charge in [0, 0.05) is 17.8 Å². The smallest absolute Gasteiger partial charge is 0.318 e. The third-order valence-electron chi connectivity index (χ3n) is 6.07. The second kappa shape index (κ2) is 9.15. The highest BCUT2D eigenvalue weighted by atomic mass is 19.4. The second-order valence-electron chi connectivity index (χ2n) is 8.75. The van der Waals surface area contributed by atoms with Gasteiger partial charge in [0.2, 0.25) is 0 Å². The monoisotopic (exact) mass is 512 g/mol. The number of amides is 1. The minimum Gasteiger partial charge on any atom is -0.318 e. The molecule has 188 valence electrons. The summed E-state index contributed by atoms with van der Waals surface area (Å²) in [5, 5.41) is 12.6. The number of aromatic nitrogens is 5. The minimum atomic E-state index is -4.72. The number of fused-ring (bicyclic) bond motifs is 2. The molecule has 0 unspecified atom stereocenters. The second-order valence-corrected chi connectivity index (χ2v) is 8.75. The van der Waals surface area contributed by atoms with E-state index < -0.39 is 17.8 Å². The lowest BCUT2D eigenvalue weighted by Crippen LogP contribution is -2.15. The molecule has 0 saturated heterocycles. The van der Waals surface area contributed by atoms with Gasteiger partial charge in [0.15, 0.2) is 17.0 Å². The molecule has 0 fully saturated rings. The van der Waals surface area contributed by atoms with Gasteiger partial charge in [-0.15, -0.1) is 0 Å². The summed E-state index contributed by atoms with van der Waals surface area (Å²) in [5.74, 6) is -0.671. The largest absolute Gasteiger partial charge is 0.433 e. The first kappa shape index (κ1) is 23.4. The van der Waals surface area contributed by atoms with Crippen LogP contribution in [0.1, 0.15) is 21.7 Å². The molecule has 1 N–H and O–H groups in total. The number of benzene rings is 3. The first-order valence-electron chi connectivity index (χ1n) is 11.7. The molecule has 0 aliphatic heterocycles. The van der Waals surface area contributed by atoms with Crippen molar-refractivity contribution < 1.29 is 18.0 Å². The van der Waals surface area contributed by atoms with Crippen molar-refractivity contribution in [1.29, 1.82) is 0 Å². The lowest BCUT2D eigenvalue weighted by molar-refractivity contribution is -0.142. The Labute approximate surface area is 214 Å². The van der Waals surface area contributed by atoms with Crippen molar-refractivity contribution in [3.63, 3.8) is 0 Å². The summed E-state index contributed by atoms with van der Waals surface area (Å²) in [5.41, 5.74) is 0.757. The normalized spacial score (nSPS) is 11.8. The van der Waals surface area contributed by atoms with E-state index in [0.717, 1.165) is 22.4 Å². The predicted octanol–water partition coefficient (Wildman–Crippen LogP) is 6.07. The van der Waals surface area contributed by atoms with Crippen LogP contribution < -0.4 is 5.32 Å². The van der Waals surface area contributed by atoms with Gasteiger partial charge in [0.05, 0.1) is 24.1 Å². The van der Waals surface area contributed by atoms with Crippen LogP contribution in [0, 0.1) is 0 Å². The standard InChI is InChI=1S/C28H19F3N6O/c29-28(30,31)25-13-23(21-11-10-19-8-4-5-9-20(19)12-21)34-26-14-24(35-37(25)26)27(38)33-22-15-32-36(17-22)16-18-6-2-1-3-7-18/h1-15,17H,16H2,(H,33,38). The average Bonchev–Trinajstić information content (AvgIpc) is 3.54. The van der Waals surface area contributed by atoms with Crippen LogP contribution in [-0.2, 0) is 12.7 Å². The summed E-state index contributed by atoms with van der Waals surface area (Å²) in [4.78, 5) is 17.3. The molecule has 3 heterocycles. The van der Waals surface area contributed by atoms with Gasteiger partial charge in [0.1, 0.15) is 0 Å². The number of nitrogens with one attached hydrogen (secondary N) is 1. The van der Waals surface area contributed by atoms with E-state index in [1.54, 1.807) is 23.0 Å². The van der Waals surface area contributed by atoms with E-state index in [2.05, 4.69) is 20.5 Å². The van der Waals surface area contributed by atoms with Gasteiger partial charge in [-0.2, -0.15) is 23.4 Å². The Kier molecular flexibility index (Phi) is 5.64. The van der Waals surface area contributed by atoms with Gasteiger partial charge < -0.3 is 5.32 Å². The van der Waals surface area contributed by atoms with E-state index in [1.165, 1.54) is 12.3 Å². The Hall–Kier alpha value is -4.99. The summed E-state index contributed by atoms with van der Waals surface area (Å²) in [6.45, 7) is 0.501. The average molecular weight is 512 g/mol. The maximum absolute atomic E-state index is 14.0. The molecule has 0 aliphatic carbocycles. The highest BCUT2D eigenvalue weighted by Crippen LogP contribution is 2.33. The van der Waals surface area contributed by atoms with Crippen LogP contribution in [0.5, 0.6) is 0 Å². The highest BCUT2D eigenvalue weighted by Gasteiger charge is 2.35. The zero-order valence-corrected chi connectivity index (χ0v) is 19.7. The van der Waals surface area contributed by atoms with Gasteiger partial charge in [-0.25, -0.2) is 9.50 Å². The Morgan fingerprint density at radius 3 is 2.45 bits per heavy atom. The van der Waals surface area contributed by atoms with Crippen LogP contribution in [-0.4, -0.2) is 30.3 Å². The molecular formula is C28H19F3N6O. The van der Waals surface area contributed by atoms with Crippen LogP contribution in [0.4, 0.5) is 18.9 Å². The molecular weight excluding hydrogens is 493 g/mol.